The number of hydrogen-bond acceptors (Lipinski definition) is 2. The van der Waals surface area contributed by atoms with Gasteiger partial charge in [-0.05, 0) is 57.0 Å². The minimum Gasteiger partial charge on any atom is -0.373 e. The second kappa shape index (κ2) is 6.02. The van der Waals surface area contributed by atoms with Gasteiger partial charge in [0.25, 0.3) is 0 Å². The van der Waals surface area contributed by atoms with Crippen molar-refractivity contribution in [1.29, 1.82) is 0 Å². The van der Waals surface area contributed by atoms with Crippen LogP contribution in [0.15, 0.2) is 18.2 Å². The van der Waals surface area contributed by atoms with Gasteiger partial charge in [-0.3, -0.25) is 0 Å². The summed E-state index contributed by atoms with van der Waals surface area (Å²) in [6.07, 6.45) is 4.46. The van der Waals surface area contributed by atoms with Gasteiger partial charge in [0.15, 0.2) is 0 Å². The quantitative estimate of drug-likeness (QED) is 0.875. The summed E-state index contributed by atoms with van der Waals surface area (Å²) in [6, 6.07) is 5.08. The molecule has 1 fully saturated rings. The molecule has 1 N–H and O–H groups in total. The Morgan fingerprint density at radius 2 is 2.05 bits per heavy atom. The normalized spacial score (nSPS) is 19.6. The monoisotopic (exact) mass is 265 g/mol. The Kier molecular flexibility index (Phi) is 4.58. The molecule has 1 unspecified atom stereocenters. The average Bonchev–Trinajstić information content (AvgIpc) is 2.84. The van der Waals surface area contributed by atoms with Gasteiger partial charge in [0, 0.05) is 6.61 Å². The van der Waals surface area contributed by atoms with Crippen LogP contribution >= 0.6 is 0 Å². The zero-order valence-corrected chi connectivity index (χ0v) is 12.1. The summed E-state index contributed by atoms with van der Waals surface area (Å²) in [6.45, 7) is 4.77. The van der Waals surface area contributed by atoms with Crippen LogP contribution in [0.2, 0.25) is 0 Å². The predicted octanol–water partition coefficient (Wildman–Crippen LogP) is 3.74. The Morgan fingerprint density at radius 1 is 1.37 bits per heavy atom. The van der Waals surface area contributed by atoms with E-state index < -0.39 is 0 Å². The lowest BCUT2D eigenvalue weighted by Crippen LogP contribution is -2.43. The molecule has 106 valence electrons. The van der Waals surface area contributed by atoms with E-state index in [0.29, 0.717) is 6.61 Å². The molecule has 0 heterocycles. The highest BCUT2D eigenvalue weighted by molar-refractivity contribution is 5.32. The van der Waals surface area contributed by atoms with Gasteiger partial charge in [-0.2, -0.15) is 0 Å². The third kappa shape index (κ3) is 2.82. The Labute approximate surface area is 115 Å². The first-order chi connectivity index (χ1) is 9.13. The molecule has 2 nitrogen and oxygen atoms in total. The summed E-state index contributed by atoms with van der Waals surface area (Å²) < 4.78 is 19.7. The molecule has 0 aliphatic heterocycles. The van der Waals surface area contributed by atoms with Crippen molar-refractivity contribution in [3.63, 3.8) is 0 Å². The number of aryl methyl sites for hydroxylation is 1. The van der Waals surface area contributed by atoms with Gasteiger partial charge in [-0.1, -0.05) is 18.9 Å². The van der Waals surface area contributed by atoms with Crippen molar-refractivity contribution < 1.29 is 9.13 Å². The lowest BCUT2D eigenvalue weighted by Gasteiger charge is -2.38. The largest absolute Gasteiger partial charge is 0.373 e. The predicted molar refractivity (Wildman–Crippen MR) is 75.8 cm³/mol. The van der Waals surface area contributed by atoms with Crippen molar-refractivity contribution >= 4 is 0 Å². The number of rotatable bonds is 5. The summed E-state index contributed by atoms with van der Waals surface area (Å²) >= 11 is 0. The van der Waals surface area contributed by atoms with Gasteiger partial charge in [0.05, 0.1) is 11.6 Å². The molecule has 1 atom stereocenters. The Hall–Kier alpha value is -0.930. The molecule has 2 rings (SSSR count). The minimum absolute atomic E-state index is 0.0608. The van der Waals surface area contributed by atoms with E-state index in [1.165, 1.54) is 18.9 Å². The van der Waals surface area contributed by atoms with Crippen LogP contribution in [-0.4, -0.2) is 19.3 Å². The highest BCUT2D eigenvalue weighted by Crippen LogP contribution is 2.43. The van der Waals surface area contributed by atoms with E-state index in [2.05, 4.69) is 5.32 Å². The SMILES string of the molecule is CCOC1(C(NC)c2cc(F)ccc2C)CCCC1. The number of benzene rings is 1. The van der Waals surface area contributed by atoms with Crippen molar-refractivity contribution in [1.82, 2.24) is 5.32 Å². The van der Waals surface area contributed by atoms with Crippen LogP contribution in [0.5, 0.6) is 0 Å². The fraction of sp³-hybridized carbons (Fsp3) is 0.625. The molecule has 0 radical (unpaired) electrons. The first kappa shape index (κ1) is 14.5. The second-order valence-electron chi connectivity index (χ2n) is 5.43. The standard InChI is InChI=1S/C16H24FNO/c1-4-19-16(9-5-6-10-16)15(18-3)14-11-13(17)8-7-12(14)2/h7-8,11,15,18H,4-6,9-10H2,1-3H3. The van der Waals surface area contributed by atoms with Gasteiger partial charge < -0.3 is 10.1 Å². The fourth-order valence-electron chi connectivity index (χ4n) is 3.40. The molecular weight excluding hydrogens is 241 g/mol. The molecule has 0 saturated heterocycles. The lowest BCUT2D eigenvalue weighted by molar-refractivity contribution is -0.0612. The topological polar surface area (TPSA) is 21.3 Å². The molecule has 3 heteroatoms. The molecule has 0 bridgehead atoms. The van der Waals surface area contributed by atoms with E-state index in [-0.39, 0.29) is 17.5 Å². The molecule has 19 heavy (non-hydrogen) atoms. The van der Waals surface area contributed by atoms with Crippen LogP contribution < -0.4 is 5.32 Å². The molecule has 1 aliphatic rings. The minimum atomic E-state index is -0.179. The van der Waals surface area contributed by atoms with Gasteiger partial charge in [0.2, 0.25) is 0 Å². The average molecular weight is 265 g/mol. The fourth-order valence-corrected chi connectivity index (χ4v) is 3.40. The molecular formula is C16H24FNO. The maximum absolute atomic E-state index is 13.6. The Morgan fingerprint density at radius 3 is 2.63 bits per heavy atom. The lowest BCUT2D eigenvalue weighted by atomic mass is 9.84. The van der Waals surface area contributed by atoms with E-state index in [1.807, 2.05) is 27.0 Å². The van der Waals surface area contributed by atoms with Crippen molar-refractivity contribution in [2.45, 2.75) is 51.2 Å². The number of halogens is 1. The van der Waals surface area contributed by atoms with Crippen LogP contribution in [-0.2, 0) is 4.74 Å². The number of nitrogens with one attached hydrogen (secondary N) is 1. The van der Waals surface area contributed by atoms with Gasteiger partial charge in [-0.15, -0.1) is 0 Å². The van der Waals surface area contributed by atoms with Gasteiger partial charge in [-0.25, -0.2) is 4.39 Å². The number of ether oxygens (including phenoxy) is 1. The zero-order chi connectivity index (χ0) is 13.9. The van der Waals surface area contributed by atoms with Crippen molar-refractivity contribution in [2.75, 3.05) is 13.7 Å². The Balaban J connectivity index is 2.39. The van der Waals surface area contributed by atoms with E-state index in [0.717, 1.165) is 24.0 Å². The molecule has 1 aromatic rings. The first-order valence-corrected chi connectivity index (χ1v) is 7.20. The maximum atomic E-state index is 13.6. The molecule has 0 aromatic heterocycles. The van der Waals surface area contributed by atoms with E-state index in [9.17, 15) is 4.39 Å². The second-order valence-corrected chi connectivity index (χ2v) is 5.43. The van der Waals surface area contributed by atoms with Crippen molar-refractivity contribution in [3.8, 4) is 0 Å². The van der Waals surface area contributed by atoms with E-state index in [4.69, 9.17) is 4.74 Å². The van der Waals surface area contributed by atoms with Crippen LogP contribution in [0.4, 0.5) is 4.39 Å². The third-order valence-corrected chi connectivity index (χ3v) is 4.25. The van der Waals surface area contributed by atoms with E-state index >= 15 is 0 Å². The van der Waals surface area contributed by atoms with Crippen LogP contribution in [0, 0.1) is 12.7 Å². The van der Waals surface area contributed by atoms with Gasteiger partial charge >= 0.3 is 0 Å². The van der Waals surface area contributed by atoms with Crippen LogP contribution in [0.3, 0.4) is 0 Å². The van der Waals surface area contributed by atoms with E-state index in [1.54, 1.807) is 6.07 Å². The molecule has 0 spiro atoms. The maximum Gasteiger partial charge on any atom is 0.123 e. The van der Waals surface area contributed by atoms with Crippen molar-refractivity contribution in [3.05, 3.63) is 35.1 Å². The number of hydrogen-bond donors (Lipinski definition) is 1. The molecule has 1 aliphatic carbocycles. The summed E-state index contributed by atoms with van der Waals surface area (Å²) in [5, 5.41) is 3.36. The summed E-state index contributed by atoms with van der Waals surface area (Å²) in [4.78, 5) is 0. The zero-order valence-electron chi connectivity index (χ0n) is 12.1. The number of likely N-dealkylation sites (N-methyl/N-ethyl adjacent to an activating group) is 1. The smallest absolute Gasteiger partial charge is 0.123 e. The highest BCUT2D eigenvalue weighted by Gasteiger charge is 2.42. The first-order valence-electron chi connectivity index (χ1n) is 7.20. The third-order valence-electron chi connectivity index (χ3n) is 4.25. The van der Waals surface area contributed by atoms with Crippen LogP contribution in [0.1, 0.15) is 49.8 Å². The highest BCUT2D eigenvalue weighted by atomic mass is 19.1. The molecule has 1 saturated carbocycles. The summed E-state index contributed by atoms with van der Waals surface area (Å²) in [5.41, 5.74) is 1.96. The summed E-state index contributed by atoms with van der Waals surface area (Å²) in [5.74, 6) is -0.175. The van der Waals surface area contributed by atoms with Gasteiger partial charge in [0.1, 0.15) is 5.82 Å². The van der Waals surface area contributed by atoms with Crippen molar-refractivity contribution in [2.24, 2.45) is 0 Å². The Bertz CT molecular complexity index is 427. The molecule has 0 amide bonds. The van der Waals surface area contributed by atoms with Crippen LogP contribution in [0.25, 0.3) is 0 Å². The molecule has 1 aromatic carbocycles. The summed E-state index contributed by atoms with van der Waals surface area (Å²) in [7, 11) is 1.94.